The number of benzene rings is 2. The standard InChI is InChI=1S/C24H24N4O2/c1-3-13-29-18-11-9-17(10-12-18)22-21-20(16-7-5-15(4-2)6-8-16)19(14-25)23(26)30-24(21)28-27-22/h5-12,20H,3-4,13,26H2,1-2H3,(H,27,28)/t20-/m0/s1. The maximum absolute atomic E-state index is 9.82. The van der Waals surface area contributed by atoms with E-state index in [4.69, 9.17) is 15.2 Å². The van der Waals surface area contributed by atoms with Gasteiger partial charge < -0.3 is 15.2 Å². The van der Waals surface area contributed by atoms with E-state index in [9.17, 15) is 5.26 Å². The number of fused-ring (bicyclic) bond motifs is 1. The largest absolute Gasteiger partial charge is 0.494 e. The fourth-order valence-corrected chi connectivity index (χ4v) is 3.68. The van der Waals surface area contributed by atoms with Crippen molar-refractivity contribution in [1.82, 2.24) is 10.2 Å². The van der Waals surface area contributed by atoms with Crippen molar-refractivity contribution in [3.05, 3.63) is 76.7 Å². The monoisotopic (exact) mass is 400 g/mol. The average molecular weight is 400 g/mol. The quantitative estimate of drug-likeness (QED) is 0.628. The van der Waals surface area contributed by atoms with E-state index < -0.39 is 0 Å². The first kappa shape index (κ1) is 19.6. The summed E-state index contributed by atoms with van der Waals surface area (Å²) in [5.74, 6) is 0.960. The van der Waals surface area contributed by atoms with E-state index >= 15 is 0 Å². The molecule has 4 rings (SSSR count). The molecule has 0 spiro atoms. The zero-order valence-corrected chi connectivity index (χ0v) is 17.1. The van der Waals surface area contributed by atoms with Gasteiger partial charge in [-0.05, 0) is 48.2 Å². The predicted octanol–water partition coefficient (Wildman–Crippen LogP) is 4.65. The SMILES string of the molecule is CCCOc1ccc(-c2[nH]nc3c2[C@@H](c2ccc(CC)cc2)C(C#N)=C(N)O3)cc1. The summed E-state index contributed by atoms with van der Waals surface area (Å²) in [6.07, 6.45) is 1.90. The Labute approximate surface area is 175 Å². The fraction of sp³-hybridized carbons (Fsp3) is 0.250. The second-order valence-electron chi connectivity index (χ2n) is 7.21. The maximum Gasteiger partial charge on any atom is 0.244 e. The van der Waals surface area contributed by atoms with Crippen LogP contribution >= 0.6 is 0 Å². The highest BCUT2D eigenvalue weighted by molar-refractivity contribution is 5.71. The number of aryl methyl sites for hydroxylation is 1. The molecule has 2 aromatic carbocycles. The molecule has 0 fully saturated rings. The summed E-state index contributed by atoms with van der Waals surface area (Å²) in [5, 5.41) is 17.2. The molecule has 0 saturated carbocycles. The Bertz CT molecular complexity index is 1110. The van der Waals surface area contributed by atoms with Gasteiger partial charge in [-0.15, -0.1) is 5.10 Å². The number of allylic oxidation sites excluding steroid dienone is 1. The summed E-state index contributed by atoms with van der Waals surface area (Å²) in [7, 11) is 0. The van der Waals surface area contributed by atoms with E-state index in [1.165, 1.54) is 5.56 Å². The van der Waals surface area contributed by atoms with Crippen LogP contribution in [0.15, 0.2) is 60.0 Å². The Hall–Kier alpha value is -3.72. The van der Waals surface area contributed by atoms with E-state index in [1.807, 2.05) is 36.4 Å². The van der Waals surface area contributed by atoms with Gasteiger partial charge in [-0.3, -0.25) is 5.10 Å². The highest BCUT2D eigenvalue weighted by Crippen LogP contribution is 2.45. The lowest BCUT2D eigenvalue weighted by molar-refractivity contribution is 0.317. The van der Waals surface area contributed by atoms with Crippen molar-refractivity contribution in [3.8, 4) is 29.0 Å². The molecule has 3 N–H and O–H groups in total. The topological polar surface area (TPSA) is 97.0 Å². The molecule has 1 aromatic heterocycles. The van der Waals surface area contributed by atoms with Crippen molar-refractivity contribution < 1.29 is 9.47 Å². The molecule has 0 saturated heterocycles. The number of ether oxygens (including phenoxy) is 2. The zero-order chi connectivity index (χ0) is 21.1. The van der Waals surface area contributed by atoms with Gasteiger partial charge in [0, 0.05) is 5.56 Å². The third kappa shape index (κ3) is 3.50. The Morgan fingerprint density at radius 1 is 1.13 bits per heavy atom. The molecule has 1 aliphatic rings. The Morgan fingerprint density at radius 2 is 1.87 bits per heavy atom. The van der Waals surface area contributed by atoms with E-state index in [0.29, 0.717) is 18.1 Å². The lowest BCUT2D eigenvalue weighted by atomic mass is 9.82. The van der Waals surface area contributed by atoms with Gasteiger partial charge >= 0.3 is 0 Å². The van der Waals surface area contributed by atoms with Crippen LogP contribution in [-0.4, -0.2) is 16.8 Å². The van der Waals surface area contributed by atoms with Crippen LogP contribution in [0, 0.1) is 11.3 Å². The third-order valence-corrected chi connectivity index (χ3v) is 5.28. The number of nitrogens with two attached hydrogens (primary N) is 1. The number of nitrogens with zero attached hydrogens (tertiary/aromatic N) is 2. The summed E-state index contributed by atoms with van der Waals surface area (Å²) < 4.78 is 11.4. The maximum atomic E-state index is 9.82. The number of hydrogen-bond donors (Lipinski definition) is 2. The van der Waals surface area contributed by atoms with E-state index in [1.54, 1.807) is 0 Å². The number of aromatic nitrogens is 2. The Kier molecular flexibility index (Phi) is 5.44. The zero-order valence-electron chi connectivity index (χ0n) is 17.1. The average Bonchev–Trinajstić information content (AvgIpc) is 3.20. The summed E-state index contributed by atoms with van der Waals surface area (Å²) in [6.45, 7) is 4.87. The number of rotatable bonds is 6. The van der Waals surface area contributed by atoms with Crippen molar-refractivity contribution in [2.24, 2.45) is 5.73 Å². The fourth-order valence-electron chi connectivity index (χ4n) is 3.68. The number of nitrogens with one attached hydrogen (secondary N) is 1. The summed E-state index contributed by atoms with van der Waals surface area (Å²) in [6, 6.07) is 18.3. The van der Waals surface area contributed by atoms with Crippen molar-refractivity contribution in [3.63, 3.8) is 0 Å². The first-order chi connectivity index (χ1) is 14.7. The minimum absolute atomic E-state index is 0.0935. The van der Waals surface area contributed by atoms with Crippen LogP contribution < -0.4 is 15.2 Å². The lowest BCUT2D eigenvalue weighted by Crippen LogP contribution is -2.21. The second kappa shape index (κ2) is 8.34. The molecule has 0 amide bonds. The van der Waals surface area contributed by atoms with Crippen LogP contribution in [0.25, 0.3) is 11.3 Å². The first-order valence-electron chi connectivity index (χ1n) is 10.1. The minimum Gasteiger partial charge on any atom is -0.494 e. The van der Waals surface area contributed by atoms with Gasteiger partial charge in [0.2, 0.25) is 11.8 Å². The molecule has 0 radical (unpaired) electrons. The summed E-state index contributed by atoms with van der Waals surface area (Å²) >= 11 is 0. The van der Waals surface area contributed by atoms with Gasteiger partial charge in [0.25, 0.3) is 0 Å². The van der Waals surface area contributed by atoms with E-state index in [0.717, 1.165) is 41.0 Å². The number of aromatic amines is 1. The molecule has 6 heteroatoms. The molecule has 3 aromatic rings. The second-order valence-corrected chi connectivity index (χ2v) is 7.21. The molecular weight excluding hydrogens is 376 g/mol. The van der Waals surface area contributed by atoms with Gasteiger partial charge in [-0.2, -0.15) is 5.26 Å². The summed E-state index contributed by atoms with van der Waals surface area (Å²) in [4.78, 5) is 0. The highest BCUT2D eigenvalue weighted by Gasteiger charge is 2.35. The van der Waals surface area contributed by atoms with Crippen LogP contribution in [0.3, 0.4) is 0 Å². The molecule has 1 atom stereocenters. The predicted molar refractivity (Wildman–Crippen MR) is 115 cm³/mol. The van der Waals surface area contributed by atoms with Gasteiger partial charge in [-0.25, -0.2) is 0 Å². The minimum atomic E-state index is -0.352. The first-order valence-corrected chi connectivity index (χ1v) is 10.1. The molecule has 0 unspecified atom stereocenters. The van der Waals surface area contributed by atoms with Crippen molar-refractivity contribution in [1.29, 1.82) is 5.26 Å². The Morgan fingerprint density at radius 3 is 2.50 bits per heavy atom. The normalized spacial score (nSPS) is 15.3. The van der Waals surface area contributed by atoms with Gasteiger partial charge in [0.1, 0.15) is 17.4 Å². The van der Waals surface area contributed by atoms with E-state index in [-0.39, 0.29) is 11.8 Å². The number of H-pyrrole nitrogens is 1. The number of nitriles is 1. The van der Waals surface area contributed by atoms with E-state index in [2.05, 4.69) is 42.2 Å². The molecule has 1 aliphatic heterocycles. The van der Waals surface area contributed by atoms with Crippen LogP contribution in [0.5, 0.6) is 11.6 Å². The van der Waals surface area contributed by atoms with Gasteiger partial charge in [0.15, 0.2) is 0 Å². The van der Waals surface area contributed by atoms with Crippen LogP contribution in [0.2, 0.25) is 0 Å². The lowest BCUT2D eigenvalue weighted by Gasteiger charge is -2.24. The molecule has 2 heterocycles. The molecule has 0 bridgehead atoms. The molecular formula is C24H24N4O2. The van der Waals surface area contributed by atoms with Crippen molar-refractivity contribution >= 4 is 0 Å². The smallest absolute Gasteiger partial charge is 0.244 e. The van der Waals surface area contributed by atoms with Gasteiger partial charge in [-0.1, -0.05) is 38.1 Å². The molecule has 30 heavy (non-hydrogen) atoms. The van der Waals surface area contributed by atoms with Crippen LogP contribution in [0.4, 0.5) is 0 Å². The molecule has 6 nitrogen and oxygen atoms in total. The molecule has 152 valence electrons. The third-order valence-electron chi connectivity index (χ3n) is 5.28. The Balaban J connectivity index is 1.79. The highest BCUT2D eigenvalue weighted by atomic mass is 16.5. The summed E-state index contributed by atoms with van der Waals surface area (Å²) in [5.41, 5.74) is 11.2. The number of hydrogen-bond acceptors (Lipinski definition) is 5. The van der Waals surface area contributed by atoms with Crippen molar-refractivity contribution in [2.45, 2.75) is 32.6 Å². The molecule has 0 aliphatic carbocycles. The van der Waals surface area contributed by atoms with Gasteiger partial charge in [0.05, 0.1) is 23.8 Å². The van der Waals surface area contributed by atoms with Crippen LogP contribution in [0.1, 0.15) is 42.9 Å². The van der Waals surface area contributed by atoms with Crippen molar-refractivity contribution in [2.75, 3.05) is 6.61 Å². The van der Waals surface area contributed by atoms with Crippen LogP contribution in [-0.2, 0) is 6.42 Å².